The molecule has 2 fully saturated rings. The number of morpholine rings is 1. The molecular weight excluding hydrogens is 242 g/mol. The molecule has 1 saturated carbocycles. The largest absolute Gasteiger partial charge is 0.394 e. The summed E-state index contributed by atoms with van der Waals surface area (Å²) in [7, 11) is 0. The molecule has 0 aromatic heterocycles. The van der Waals surface area contributed by atoms with Crippen molar-refractivity contribution < 1.29 is 14.9 Å². The summed E-state index contributed by atoms with van der Waals surface area (Å²) in [4.78, 5) is 2.36. The highest BCUT2D eigenvalue weighted by Gasteiger charge is 2.32. The molecule has 2 rings (SSSR count). The van der Waals surface area contributed by atoms with Gasteiger partial charge in [-0.3, -0.25) is 4.90 Å². The van der Waals surface area contributed by atoms with E-state index in [0.717, 1.165) is 38.4 Å². The molecule has 1 heterocycles. The van der Waals surface area contributed by atoms with Crippen LogP contribution in [0.3, 0.4) is 0 Å². The molecule has 0 radical (unpaired) electrons. The lowest BCUT2D eigenvalue weighted by Gasteiger charge is -2.41. The zero-order valence-electron chi connectivity index (χ0n) is 12.3. The third kappa shape index (κ3) is 4.15. The molecule has 1 aliphatic heterocycles. The first-order chi connectivity index (χ1) is 9.12. The highest BCUT2D eigenvalue weighted by atomic mass is 16.5. The highest BCUT2D eigenvalue weighted by molar-refractivity contribution is 4.84. The van der Waals surface area contributed by atoms with Gasteiger partial charge >= 0.3 is 0 Å². The lowest BCUT2D eigenvalue weighted by molar-refractivity contribution is -0.104. The second kappa shape index (κ2) is 7.02. The van der Waals surface area contributed by atoms with Crippen molar-refractivity contribution in [2.45, 2.75) is 57.8 Å². The van der Waals surface area contributed by atoms with E-state index in [1.165, 1.54) is 12.8 Å². The van der Waals surface area contributed by atoms with Crippen molar-refractivity contribution in [2.24, 2.45) is 11.8 Å². The Morgan fingerprint density at radius 3 is 2.74 bits per heavy atom. The van der Waals surface area contributed by atoms with Crippen molar-refractivity contribution in [1.29, 1.82) is 0 Å². The van der Waals surface area contributed by atoms with E-state index < -0.39 is 0 Å². The normalized spacial score (nSPS) is 41.4. The lowest BCUT2D eigenvalue weighted by Crippen LogP contribution is -2.51. The van der Waals surface area contributed by atoms with Crippen LogP contribution >= 0.6 is 0 Å². The van der Waals surface area contributed by atoms with Crippen LogP contribution in [-0.2, 0) is 4.74 Å². The Kier molecular flexibility index (Phi) is 5.63. The van der Waals surface area contributed by atoms with Crippen LogP contribution in [0.25, 0.3) is 0 Å². The Balaban J connectivity index is 1.87. The number of aliphatic hydroxyl groups is 2. The highest BCUT2D eigenvalue weighted by Crippen LogP contribution is 2.32. The summed E-state index contributed by atoms with van der Waals surface area (Å²) in [6.07, 6.45) is 4.46. The van der Waals surface area contributed by atoms with Gasteiger partial charge in [0.05, 0.1) is 24.9 Å². The molecule has 0 bridgehead atoms. The topological polar surface area (TPSA) is 52.9 Å². The molecule has 0 amide bonds. The fourth-order valence-electron chi connectivity index (χ4n) is 3.63. The van der Waals surface area contributed by atoms with Crippen molar-refractivity contribution in [3.63, 3.8) is 0 Å². The van der Waals surface area contributed by atoms with Crippen LogP contribution in [0.2, 0.25) is 0 Å². The fraction of sp³-hybridized carbons (Fsp3) is 1.00. The molecule has 0 spiro atoms. The molecule has 0 aromatic rings. The quantitative estimate of drug-likeness (QED) is 0.808. The molecule has 4 nitrogen and oxygen atoms in total. The first-order valence-corrected chi connectivity index (χ1v) is 7.79. The van der Waals surface area contributed by atoms with Crippen molar-refractivity contribution in [2.75, 3.05) is 26.2 Å². The Hall–Kier alpha value is -0.160. The van der Waals surface area contributed by atoms with Gasteiger partial charge in [0.15, 0.2) is 0 Å². The number of ether oxygens (including phenoxy) is 1. The molecule has 5 atom stereocenters. The summed E-state index contributed by atoms with van der Waals surface area (Å²) in [6.45, 7) is 7.05. The standard InChI is InChI=1S/C15H29NO3/c1-3-12-4-5-15(18)13(6-12)8-16-7-11(2)19-14(9-16)10-17/h11-15,17-18H,3-10H2,1-2H3. The predicted molar refractivity (Wildman–Crippen MR) is 75.0 cm³/mol. The van der Waals surface area contributed by atoms with Crippen LogP contribution in [0, 0.1) is 11.8 Å². The Labute approximate surface area is 116 Å². The van der Waals surface area contributed by atoms with Gasteiger partial charge in [-0.25, -0.2) is 0 Å². The average Bonchev–Trinajstić information content (AvgIpc) is 2.40. The Morgan fingerprint density at radius 2 is 2.05 bits per heavy atom. The number of nitrogens with zero attached hydrogens (tertiary/aromatic N) is 1. The average molecular weight is 271 g/mol. The van der Waals surface area contributed by atoms with Crippen molar-refractivity contribution in [3.8, 4) is 0 Å². The summed E-state index contributed by atoms with van der Waals surface area (Å²) in [5.74, 6) is 1.17. The van der Waals surface area contributed by atoms with Gasteiger partial charge in [-0.2, -0.15) is 0 Å². The van der Waals surface area contributed by atoms with Gasteiger partial charge in [0, 0.05) is 19.6 Å². The van der Waals surface area contributed by atoms with Crippen LogP contribution in [0.4, 0.5) is 0 Å². The summed E-state index contributed by atoms with van der Waals surface area (Å²) in [5.41, 5.74) is 0. The van der Waals surface area contributed by atoms with E-state index in [-0.39, 0.29) is 24.9 Å². The minimum atomic E-state index is -0.145. The molecule has 2 N–H and O–H groups in total. The van der Waals surface area contributed by atoms with Crippen LogP contribution in [0.5, 0.6) is 0 Å². The van der Waals surface area contributed by atoms with E-state index in [1.54, 1.807) is 0 Å². The summed E-state index contributed by atoms with van der Waals surface area (Å²) < 4.78 is 5.67. The van der Waals surface area contributed by atoms with Crippen LogP contribution in [-0.4, -0.2) is 59.7 Å². The molecule has 19 heavy (non-hydrogen) atoms. The van der Waals surface area contributed by atoms with Crippen molar-refractivity contribution in [1.82, 2.24) is 4.90 Å². The van der Waals surface area contributed by atoms with Gasteiger partial charge in [-0.05, 0) is 38.0 Å². The van der Waals surface area contributed by atoms with Crippen molar-refractivity contribution in [3.05, 3.63) is 0 Å². The van der Waals surface area contributed by atoms with E-state index in [1.807, 2.05) is 0 Å². The summed E-state index contributed by atoms with van der Waals surface area (Å²) in [5, 5.41) is 19.5. The molecule has 112 valence electrons. The van der Waals surface area contributed by atoms with Crippen molar-refractivity contribution >= 4 is 0 Å². The van der Waals surface area contributed by atoms with E-state index in [4.69, 9.17) is 4.74 Å². The molecule has 5 unspecified atom stereocenters. The van der Waals surface area contributed by atoms with Crippen LogP contribution in [0.1, 0.15) is 39.5 Å². The van der Waals surface area contributed by atoms with E-state index in [0.29, 0.717) is 5.92 Å². The predicted octanol–water partition coefficient (Wildman–Crippen LogP) is 1.26. The minimum Gasteiger partial charge on any atom is -0.394 e. The van der Waals surface area contributed by atoms with E-state index in [9.17, 15) is 10.2 Å². The third-order valence-corrected chi connectivity index (χ3v) is 4.73. The van der Waals surface area contributed by atoms with E-state index >= 15 is 0 Å². The second-order valence-corrected chi connectivity index (χ2v) is 6.38. The van der Waals surface area contributed by atoms with E-state index in [2.05, 4.69) is 18.7 Å². The Bertz CT molecular complexity index is 274. The molecule has 1 saturated heterocycles. The maximum atomic E-state index is 10.2. The van der Waals surface area contributed by atoms with Gasteiger partial charge < -0.3 is 14.9 Å². The zero-order chi connectivity index (χ0) is 13.8. The molecule has 0 aromatic carbocycles. The first-order valence-electron chi connectivity index (χ1n) is 7.79. The fourth-order valence-corrected chi connectivity index (χ4v) is 3.63. The maximum absolute atomic E-state index is 10.2. The second-order valence-electron chi connectivity index (χ2n) is 6.38. The molecule has 2 aliphatic rings. The van der Waals surface area contributed by atoms with Gasteiger partial charge in [0.25, 0.3) is 0 Å². The van der Waals surface area contributed by atoms with Gasteiger partial charge in [-0.1, -0.05) is 13.3 Å². The number of rotatable bonds is 4. The number of hydrogen-bond donors (Lipinski definition) is 2. The summed E-state index contributed by atoms with van der Waals surface area (Å²) >= 11 is 0. The number of aliphatic hydroxyl groups excluding tert-OH is 2. The monoisotopic (exact) mass is 271 g/mol. The third-order valence-electron chi connectivity index (χ3n) is 4.73. The molecular formula is C15H29NO3. The molecule has 4 heteroatoms. The van der Waals surface area contributed by atoms with Gasteiger partial charge in [-0.15, -0.1) is 0 Å². The van der Waals surface area contributed by atoms with Gasteiger partial charge in [0.1, 0.15) is 0 Å². The number of hydrogen-bond acceptors (Lipinski definition) is 4. The van der Waals surface area contributed by atoms with Crippen LogP contribution in [0.15, 0.2) is 0 Å². The van der Waals surface area contributed by atoms with Gasteiger partial charge in [0.2, 0.25) is 0 Å². The molecule has 1 aliphatic carbocycles. The first kappa shape index (κ1) is 15.2. The SMILES string of the molecule is CCC1CCC(O)C(CN2CC(C)OC(CO)C2)C1. The Morgan fingerprint density at radius 1 is 1.26 bits per heavy atom. The smallest absolute Gasteiger partial charge is 0.0936 e. The minimum absolute atomic E-state index is 0.0635. The lowest BCUT2D eigenvalue weighted by atomic mass is 9.78. The maximum Gasteiger partial charge on any atom is 0.0936 e. The summed E-state index contributed by atoms with van der Waals surface area (Å²) in [6, 6.07) is 0. The van der Waals surface area contributed by atoms with Crippen LogP contribution < -0.4 is 0 Å². The zero-order valence-corrected chi connectivity index (χ0v) is 12.3.